The quantitative estimate of drug-likeness (QED) is 0.0345. The smallest absolute Gasteiger partial charge is 0.306 e. The topological polar surface area (TPSA) is 61.8 Å². The molecule has 400 valence electrons. The summed E-state index contributed by atoms with van der Waals surface area (Å²) in [6, 6.07) is 0. The van der Waals surface area contributed by atoms with Crippen LogP contribution in [-0.4, -0.2) is 37.9 Å². The number of carbonyl (C=O) groups is 2. The van der Waals surface area contributed by atoms with Crippen LogP contribution in [0.25, 0.3) is 0 Å². The van der Waals surface area contributed by atoms with Gasteiger partial charge in [0.15, 0.2) is 6.10 Å². The van der Waals surface area contributed by atoms with E-state index in [4.69, 9.17) is 14.2 Å². The molecule has 0 heterocycles. The molecule has 1 unspecified atom stereocenters. The van der Waals surface area contributed by atoms with Gasteiger partial charge < -0.3 is 14.2 Å². The highest BCUT2D eigenvalue weighted by atomic mass is 16.6. The maximum atomic E-state index is 12.9. The summed E-state index contributed by atoms with van der Waals surface area (Å²) in [6.07, 6.45) is 82.6. The summed E-state index contributed by atoms with van der Waals surface area (Å²) >= 11 is 0. The molecule has 70 heavy (non-hydrogen) atoms. The molecular formula is C65H110O5. The van der Waals surface area contributed by atoms with Gasteiger partial charge in [0, 0.05) is 19.4 Å². The molecule has 0 N–H and O–H groups in total. The first-order chi connectivity index (χ1) is 34.6. The molecule has 0 aromatic heterocycles. The van der Waals surface area contributed by atoms with Crippen LogP contribution in [0.3, 0.4) is 0 Å². The zero-order valence-corrected chi connectivity index (χ0v) is 46.0. The number of unbranched alkanes of at least 4 members (excludes halogenated alkanes) is 24. The molecule has 0 saturated carbocycles. The van der Waals surface area contributed by atoms with E-state index in [1.54, 1.807) is 0 Å². The lowest BCUT2D eigenvalue weighted by atomic mass is 10.1. The number of rotatable bonds is 53. The van der Waals surface area contributed by atoms with Crippen molar-refractivity contribution in [3.05, 3.63) is 109 Å². The number of hydrogen-bond acceptors (Lipinski definition) is 5. The minimum absolute atomic E-state index is 0.0512. The van der Waals surface area contributed by atoms with Gasteiger partial charge in [-0.1, -0.05) is 239 Å². The summed E-state index contributed by atoms with van der Waals surface area (Å²) in [6.45, 7) is 7.54. The second-order valence-corrected chi connectivity index (χ2v) is 19.2. The molecule has 5 nitrogen and oxygen atoms in total. The van der Waals surface area contributed by atoms with Crippen molar-refractivity contribution in [2.24, 2.45) is 0 Å². The molecule has 0 saturated heterocycles. The third kappa shape index (κ3) is 57.1. The van der Waals surface area contributed by atoms with Crippen LogP contribution in [0.5, 0.6) is 0 Å². The lowest BCUT2D eigenvalue weighted by molar-refractivity contribution is -0.163. The van der Waals surface area contributed by atoms with Crippen molar-refractivity contribution in [3.63, 3.8) is 0 Å². The molecule has 0 fully saturated rings. The van der Waals surface area contributed by atoms with E-state index in [0.29, 0.717) is 19.4 Å². The van der Waals surface area contributed by atoms with E-state index in [0.717, 1.165) is 96.3 Å². The Kier molecular flexibility index (Phi) is 56.9. The van der Waals surface area contributed by atoms with Crippen LogP contribution in [0, 0.1) is 0 Å². The van der Waals surface area contributed by atoms with E-state index in [1.807, 2.05) is 0 Å². The molecule has 1 atom stereocenters. The maximum Gasteiger partial charge on any atom is 0.306 e. The fourth-order valence-electron chi connectivity index (χ4n) is 7.90. The number of ether oxygens (including phenoxy) is 3. The van der Waals surface area contributed by atoms with Gasteiger partial charge in [0.05, 0.1) is 6.61 Å². The highest BCUT2D eigenvalue weighted by Gasteiger charge is 2.17. The molecule has 0 aromatic rings. The van der Waals surface area contributed by atoms with E-state index in [1.165, 1.54) is 135 Å². The number of hydrogen-bond donors (Lipinski definition) is 0. The van der Waals surface area contributed by atoms with E-state index >= 15 is 0 Å². The number of carbonyl (C=O) groups excluding carboxylic acids is 2. The van der Waals surface area contributed by atoms with Gasteiger partial charge in [-0.15, -0.1) is 0 Å². The molecule has 0 radical (unpaired) electrons. The van der Waals surface area contributed by atoms with Gasteiger partial charge in [0.2, 0.25) is 0 Å². The normalized spacial score (nSPS) is 13.0. The predicted molar refractivity (Wildman–Crippen MR) is 306 cm³/mol. The summed E-state index contributed by atoms with van der Waals surface area (Å²) in [5.41, 5.74) is 0. The third-order valence-corrected chi connectivity index (χ3v) is 12.3. The summed E-state index contributed by atoms with van der Waals surface area (Å²) in [7, 11) is 0. The van der Waals surface area contributed by atoms with Crippen LogP contribution < -0.4 is 0 Å². The second kappa shape index (κ2) is 59.9. The van der Waals surface area contributed by atoms with Crippen molar-refractivity contribution in [1.29, 1.82) is 0 Å². The zero-order chi connectivity index (χ0) is 50.6. The molecule has 0 rings (SSSR count). The van der Waals surface area contributed by atoms with Crippen molar-refractivity contribution in [3.8, 4) is 0 Å². The van der Waals surface area contributed by atoms with Crippen molar-refractivity contribution in [2.75, 3.05) is 19.8 Å². The highest BCUT2D eigenvalue weighted by Crippen LogP contribution is 2.14. The molecular weight excluding hydrogens is 861 g/mol. The Labute approximate surface area is 434 Å². The van der Waals surface area contributed by atoms with Gasteiger partial charge in [-0.3, -0.25) is 9.59 Å². The Morgan fingerprint density at radius 3 is 1.07 bits per heavy atom. The Morgan fingerprint density at radius 1 is 0.329 bits per heavy atom. The Hall–Kier alpha value is -3.44. The molecule has 0 aromatic carbocycles. The van der Waals surface area contributed by atoms with Crippen LogP contribution in [0.4, 0.5) is 0 Å². The average Bonchev–Trinajstić information content (AvgIpc) is 3.36. The standard InChI is InChI=1S/C65H110O5/c1-4-7-10-13-16-19-22-25-28-31-32-33-36-39-42-45-48-51-54-57-60-68-61-63(70-65(67)59-56-53-50-47-44-41-38-35-30-27-24-21-18-15-12-9-6-3)62-69-64(66)58-55-52-49-46-43-40-37-34-29-26-23-20-17-14-11-8-5-2/h7,10,16-17,19-20,25-30,32-33,39,42,48,51,63H,4-6,8-9,11-15,18,21-24,31,34-38,40-41,43-47,49-50,52-62H2,1-3H3/b10-7-,19-16-,20-17-,28-25-,29-26-,30-27-,33-32-,42-39-,51-48-. The van der Waals surface area contributed by atoms with Crippen LogP contribution in [0.1, 0.15) is 265 Å². The first kappa shape index (κ1) is 66.6. The van der Waals surface area contributed by atoms with Crippen LogP contribution in [0.2, 0.25) is 0 Å². The van der Waals surface area contributed by atoms with E-state index in [2.05, 4.69) is 130 Å². The molecule has 0 aliphatic heterocycles. The van der Waals surface area contributed by atoms with Crippen molar-refractivity contribution in [2.45, 2.75) is 271 Å². The van der Waals surface area contributed by atoms with Gasteiger partial charge >= 0.3 is 11.9 Å². The van der Waals surface area contributed by atoms with Crippen LogP contribution in [-0.2, 0) is 23.8 Å². The summed E-state index contributed by atoms with van der Waals surface area (Å²) < 4.78 is 17.4. The molecule has 0 amide bonds. The molecule has 0 spiro atoms. The zero-order valence-electron chi connectivity index (χ0n) is 46.0. The molecule has 0 aliphatic carbocycles. The van der Waals surface area contributed by atoms with Crippen LogP contribution >= 0.6 is 0 Å². The van der Waals surface area contributed by atoms with Crippen molar-refractivity contribution in [1.82, 2.24) is 0 Å². The number of esters is 2. The highest BCUT2D eigenvalue weighted by molar-refractivity contribution is 5.70. The SMILES string of the molecule is CC/C=C\C/C=C\C/C=C\C/C=C\C/C=C\C/C=C\CCCOCC(COC(=O)CCCCCCCCC/C=C\C/C=C\CCCCC)OC(=O)CCCCCCCCC/C=C\CCCCCCCC. The van der Waals surface area contributed by atoms with E-state index in [-0.39, 0.29) is 25.2 Å². The summed E-state index contributed by atoms with van der Waals surface area (Å²) in [5, 5.41) is 0. The lowest BCUT2D eigenvalue weighted by Crippen LogP contribution is -2.30. The Bertz CT molecular complexity index is 1380. The minimum Gasteiger partial charge on any atom is -0.462 e. The van der Waals surface area contributed by atoms with Crippen molar-refractivity contribution >= 4 is 11.9 Å². The third-order valence-electron chi connectivity index (χ3n) is 12.3. The first-order valence-electron chi connectivity index (χ1n) is 29.4. The van der Waals surface area contributed by atoms with E-state index in [9.17, 15) is 9.59 Å². The fraction of sp³-hybridized carbons (Fsp3) is 0.692. The molecule has 5 heteroatoms. The van der Waals surface area contributed by atoms with Gasteiger partial charge in [-0.25, -0.2) is 0 Å². The van der Waals surface area contributed by atoms with Gasteiger partial charge in [-0.2, -0.15) is 0 Å². The fourth-order valence-corrected chi connectivity index (χ4v) is 7.90. The van der Waals surface area contributed by atoms with Crippen LogP contribution in [0.15, 0.2) is 109 Å². The molecule has 0 bridgehead atoms. The van der Waals surface area contributed by atoms with Gasteiger partial charge in [0.25, 0.3) is 0 Å². The van der Waals surface area contributed by atoms with E-state index < -0.39 is 6.10 Å². The second-order valence-electron chi connectivity index (χ2n) is 19.2. The van der Waals surface area contributed by atoms with Crippen molar-refractivity contribution < 1.29 is 23.8 Å². The number of allylic oxidation sites excluding steroid dienone is 18. The largest absolute Gasteiger partial charge is 0.462 e. The lowest BCUT2D eigenvalue weighted by Gasteiger charge is -2.18. The van der Waals surface area contributed by atoms with Gasteiger partial charge in [-0.05, 0) is 122 Å². The predicted octanol–water partition coefficient (Wildman–Crippen LogP) is 20.3. The Morgan fingerprint density at radius 2 is 0.643 bits per heavy atom. The maximum absolute atomic E-state index is 12.9. The van der Waals surface area contributed by atoms with Gasteiger partial charge in [0.1, 0.15) is 6.61 Å². The average molecular weight is 972 g/mol. The first-order valence-corrected chi connectivity index (χ1v) is 29.4. The summed E-state index contributed by atoms with van der Waals surface area (Å²) in [4.78, 5) is 25.5. The monoisotopic (exact) mass is 971 g/mol. The minimum atomic E-state index is -0.580. The summed E-state index contributed by atoms with van der Waals surface area (Å²) in [5.74, 6) is -0.442. The Balaban J connectivity index is 4.41. The molecule has 0 aliphatic rings.